The zero-order valence-electron chi connectivity index (χ0n) is 31.4. The van der Waals surface area contributed by atoms with Crippen LogP contribution in [-0.4, -0.2) is 27.6 Å². The fourth-order valence-corrected chi connectivity index (χ4v) is 9.89. The summed E-state index contributed by atoms with van der Waals surface area (Å²) in [5.74, 6) is 1.27. The van der Waals surface area contributed by atoms with Gasteiger partial charge in [-0.2, -0.15) is 11.3 Å². The van der Waals surface area contributed by atoms with E-state index in [1.807, 2.05) is 62.4 Å². The van der Waals surface area contributed by atoms with E-state index in [4.69, 9.17) is 4.98 Å². The number of halogens is 1. The van der Waals surface area contributed by atoms with E-state index in [9.17, 15) is 4.39 Å². The minimum Gasteiger partial charge on any atom is -0.333 e. The number of imidazole rings is 1. The maximum Gasteiger partial charge on any atom is 0.124 e. The maximum absolute atomic E-state index is 14.0. The van der Waals surface area contributed by atoms with Gasteiger partial charge in [0.1, 0.15) is 5.82 Å². The third kappa shape index (κ3) is 7.97. The fraction of sp³-hybridized carbons (Fsp3) is 0.222. The average Bonchev–Trinajstić information content (AvgIpc) is 3.67. The number of thiophene rings is 1. The van der Waals surface area contributed by atoms with E-state index in [2.05, 4.69) is 104 Å². The second-order valence-corrected chi connectivity index (χ2v) is 21.1. The Balaban J connectivity index is 0.000000199. The number of rotatable bonds is 6. The summed E-state index contributed by atoms with van der Waals surface area (Å²) in [5.41, 5.74) is 10.5. The number of aryl methyl sites for hydroxylation is 3. The second-order valence-electron chi connectivity index (χ2n) is 15.0. The van der Waals surface area contributed by atoms with E-state index >= 15 is 0 Å². The molecule has 0 amide bonds. The summed E-state index contributed by atoms with van der Waals surface area (Å²) in [7, 11) is -1.34. The first-order valence-corrected chi connectivity index (χ1v) is 22.1. The summed E-state index contributed by atoms with van der Waals surface area (Å²) in [6.45, 7) is 17.8. The van der Waals surface area contributed by atoms with Gasteiger partial charge in [-0.05, 0) is 83.6 Å². The molecule has 4 nitrogen and oxygen atoms in total. The van der Waals surface area contributed by atoms with Gasteiger partial charge in [0.2, 0.25) is 0 Å². The van der Waals surface area contributed by atoms with Crippen molar-refractivity contribution in [1.82, 2.24) is 19.5 Å². The Morgan fingerprint density at radius 1 is 0.868 bits per heavy atom. The zero-order chi connectivity index (χ0) is 36.7. The molecular formula is C45H43FIrN4SSi-2. The van der Waals surface area contributed by atoms with E-state index in [0.717, 1.165) is 82.9 Å². The van der Waals surface area contributed by atoms with Crippen molar-refractivity contribution in [3.63, 3.8) is 0 Å². The van der Waals surface area contributed by atoms with Crippen LogP contribution in [0.4, 0.5) is 4.39 Å². The molecule has 8 heteroatoms. The van der Waals surface area contributed by atoms with Crippen LogP contribution in [0.5, 0.6) is 0 Å². The molecule has 4 aromatic heterocycles. The van der Waals surface area contributed by atoms with Crippen molar-refractivity contribution >= 4 is 55.8 Å². The molecular weight excluding hydrogens is 868 g/mol. The molecule has 0 aliphatic rings. The largest absolute Gasteiger partial charge is 0.333 e. The van der Waals surface area contributed by atoms with Crippen molar-refractivity contribution in [2.45, 2.75) is 60.7 Å². The summed E-state index contributed by atoms with van der Waals surface area (Å²) >= 11 is 1.59. The Kier molecular flexibility index (Phi) is 11.3. The smallest absolute Gasteiger partial charge is 0.124 e. The van der Waals surface area contributed by atoms with E-state index in [1.54, 1.807) is 17.4 Å². The quantitative estimate of drug-likeness (QED) is 0.123. The van der Waals surface area contributed by atoms with Gasteiger partial charge in [0.05, 0.1) is 24.9 Å². The van der Waals surface area contributed by atoms with Crippen molar-refractivity contribution in [3.8, 4) is 28.3 Å². The fourth-order valence-electron chi connectivity index (χ4n) is 7.00. The van der Waals surface area contributed by atoms with Crippen molar-refractivity contribution < 1.29 is 24.5 Å². The Bertz CT molecular complexity index is 2550. The second kappa shape index (κ2) is 15.6. The van der Waals surface area contributed by atoms with Crippen LogP contribution >= 0.6 is 11.3 Å². The van der Waals surface area contributed by atoms with E-state index in [-0.39, 0.29) is 25.9 Å². The molecule has 4 heterocycles. The van der Waals surface area contributed by atoms with Gasteiger partial charge in [-0.3, -0.25) is 9.97 Å². The molecule has 0 spiro atoms. The van der Waals surface area contributed by atoms with E-state index in [0.29, 0.717) is 5.92 Å². The van der Waals surface area contributed by atoms with Gasteiger partial charge >= 0.3 is 0 Å². The third-order valence-corrected chi connectivity index (χ3v) is 12.5. The number of para-hydroxylation sites is 2. The number of fused-ring (bicyclic) bond motifs is 4. The molecule has 0 aliphatic carbocycles. The monoisotopic (exact) mass is 911 g/mol. The Hall–Kier alpha value is -4.33. The van der Waals surface area contributed by atoms with Crippen molar-refractivity contribution in [2.75, 3.05) is 0 Å². The Morgan fingerprint density at radius 2 is 1.60 bits per heavy atom. The van der Waals surface area contributed by atoms with Crippen LogP contribution in [0.2, 0.25) is 19.6 Å². The SMILES string of the molecule is CC(C)Cc1cc(-c2[c-]cccc2)ncc1[Si](C)(C)C.Cc1cc(-n2c(-c3[c-]cc(C)c4c3sc3cc(F)ccc34)nc3ccccc32)cc(C)n1.[Ir]. The molecule has 0 bridgehead atoms. The van der Waals surface area contributed by atoms with Crippen LogP contribution in [0.3, 0.4) is 0 Å². The van der Waals surface area contributed by atoms with E-state index in [1.165, 1.54) is 16.8 Å². The van der Waals surface area contributed by atoms with Gasteiger partial charge in [0, 0.05) is 48.1 Å². The van der Waals surface area contributed by atoms with Gasteiger partial charge in [0.25, 0.3) is 0 Å². The maximum atomic E-state index is 14.0. The first-order chi connectivity index (χ1) is 24.9. The topological polar surface area (TPSA) is 43.6 Å². The number of nitrogens with zero attached hydrogens (tertiary/aromatic N) is 4. The summed E-state index contributed by atoms with van der Waals surface area (Å²) in [6, 6.07) is 36.4. The van der Waals surface area contributed by atoms with Gasteiger partial charge in [0.15, 0.2) is 0 Å². The standard InChI is InChI=1S/C27H19FN3S.C18H24NSi.Ir/c1-15-8-10-21(26-25(15)20-11-9-18(28)14-24(20)32-26)27-30-22-6-4-5-7-23(22)31(27)19-12-16(2)29-17(3)13-19;1-14(2)11-16-12-17(15-9-7-6-8-10-15)19-13-18(16)20(3,4)5;/h4-9,11-14H,1-3H3;6-9,12-14H,11H2,1-5H3;/q2*-1;. The van der Waals surface area contributed by atoms with Gasteiger partial charge < -0.3 is 9.55 Å². The number of hydrogen-bond acceptors (Lipinski definition) is 4. The number of aromatic nitrogens is 4. The summed E-state index contributed by atoms with van der Waals surface area (Å²) in [5, 5.41) is 3.70. The summed E-state index contributed by atoms with van der Waals surface area (Å²) < 4.78 is 18.2. The molecule has 0 saturated carbocycles. The molecule has 0 fully saturated rings. The van der Waals surface area contributed by atoms with Crippen LogP contribution in [-0.2, 0) is 26.5 Å². The number of hydrogen-bond donors (Lipinski definition) is 0. The minimum absolute atomic E-state index is 0. The number of benzene rings is 4. The van der Waals surface area contributed by atoms with E-state index < -0.39 is 8.07 Å². The predicted octanol–water partition coefficient (Wildman–Crippen LogP) is 11.6. The van der Waals surface area contributed by atoms with Crippen LogP contribution in [0, 0.1) is 44.6 Å². The number of pyridine rings is 2. The normalized spacial score (nSPS) is 11.6. The predicted molar refractivity (Wildman–Crippen MR) is 220 cm³/mol. The average molecular weight is 911 g/mol. The summed E-state index contributed by atoms with van der Waals surface area (Å²) in [4.78, 5) is 14.3. The summed E-state index contributed by atoms with van der Waals surface area (Å²) in [6.07, 6.45) is 3.24. The van der Waals surface area contributed by atoms with Crippen LogP contribution in [0.15, 0.2) is 97.2 Å². The van der Waals surface area contributed by atoms with Crippen molar-refractivity contribution in [1.29, 1.82) is 0 Å². The first-order valence-electron chi connectivity index (χ1n) is 17.8. The van der Waals surface area contributed by atoms with Crippen LogP contribution < -0.4 is 5.19 Å². The van der Waals surface area contributed by atoms with Crippen molar-refractivity contribution in [3.05, 3.63) is 138 Å². The molecule has 1 radical (unpaired) electrons. The van der Waals surface area contributed by atoms with Gasteiger partial charge in [-0.1, -0.05) is 81.2 Å². The Labute approximate surface area is 330 Å². The van der Waals surface area contributed by atoms with Crippen LogP contribution in [0.1, 0.15) is 36.4 Å². The zero-order valence-corrected chi connectivity index (χ0v) is 35.6. The minimum atomic E-state index is -1.34. The molecule has 0 unspecified atom stereocenters. The molecule has 0 saturated heterocycles. The van der Waals surface area contributed by atoms with Gasteiger partial charge in [-0.25, -0.2) is 4.39 Å². The molecule has 0 aliphatic heterocycles. The molecule has 4 aromatic carbocycles. The van der Waals surface area contributed by atoms with Crippen molar-refractivity contribution in [2.24, 2.45) is 5.92 Å². The molecule has 0 N–H and O–H groups in total. The Morgan fingerprint density at radius 3 is 2.30 bits per heavy atom. The van der Waals surface area contributed by atoms with Crippen LogP contribution in [0.25, 0.3) is 59.5 Å². The molecule has 8 rings (SSSR count). The molecule has 271 valence electrons. The molecule has 53 heavy (non-hydrogen) atoms. The molecule has 8 aromatic rings. The third-order valence-electron chi connectivity index (χ3n) is 9.23. The molecule has 0 atom stereocenters. The van der Waals surface area contributed by atoms with Gasteiger partial charge in [-0.15, -0.1) is 53.6 Å². The first kappa shape index (κ1) is 38.4.